The van der Waals surface area contributed by atoms with Crippen molar-refractivity contribution in [1.29, 1.82) is 0 Å². The first-order valence-electron chi connectivity index (χ1n) is 14.4. The van der Waals surface area contributed by atoms with E-state index in [2.05, 4.69) is 5.32 Å². The number of carbonyl (C=O) groups is 2. The topological polar surface area (TPSA) is 96.0 Å². The Bertz CT molecular complexity index is 1490. The molecule has 1 aliphatic carbocycles. The predicted octanol–water partition coefficient (Wildman–Crippen LogP) is 6.13. The monoisotopic (exact) mass is 643 g/mol. The van der Waals surface area contributed by atoms with Gasteiger partial charge in [-0.1, -0.05) is 48.7 Å². The van der Waals surface area contributed by atoms with Gasteiger partial charge in [0.2, 0.25) is 11.8 Å². The van der Waals surface area contributed by atoms with Gasteiger partial charge in [-0.2, -0.15) is 0 Å². The van der Waals surface area contributed by atoms with Crippen molar-refractivity contribution in [1.82, 2.24) is 10.2 Å². The molecule has 1 fully saturated rings. The molecule has 3 aromatic carbocycles. The van der Waals surface area contributed by atoms with Gasteiger partial charge in [-0.15, -0.1) is 11.8 Å². The molecule has 1 atom stereocenters. The number of thioether (sulfide) groups is 1. The Balaban J connectivity index is 1.72. The molecule has 1 saturated carbocycles. The van der Waals surface area contributed by atoms with E-state index in [1.807, 2.05) is 6.26 Å². The summed E-state index contributed by atoms with van der Waals surface area (Å²) in [5.74, 6) is -0.469. The summed E-state index contributed by atoms with van der Waals surface area (Å²) in [6.07, 6.45) is 5.82. The summed E-state index contributed by atoms with van der Waals surface area (Å²) in [5, 5.41) is 3.63. The average Bonchev–Trinajstić information content (AvgIpc) is 3.52. The molecule has 230 valence electrons. The number of hydrogen-bond donors (Lipinski definition) is 1. The van der Waals surface area contributed by atoms with Crippen LogP contribution in [0.25, 0.3) is 0 Å². The molecule has 43 heavy (non-hydrogen) atoms. The van der Waals surface area contributed by atoms with Crippen LogP contribution in [0.5, 0.6) is 5.75 Å². The van der Waals surface area contributed by atoms with Crippen molar-refractivity contribution in [2.75, 3.05) is 23.7 Å². The molecule has 1 aliphatic rings. The minimum Gasteiger partial charge on any atom is -0.492 e. The van der Waals surface area contributed by atoms with Crippen molar-refractivity contribution in [3.63, 3.8) is 0 Å². The Morgan fingerprint density at radius 2 is 1.67 bits per heavy atom. The second kappa shape index (κ2) is 15.0. The quantitative estimate of drug-likeness (QED) is 0.225. The largest absolute Gasteiger partial charge is 0.492 e. The van der Waals surface area contributed by atoms with Crippen LogP contribution in [-0.4, -0.2) is 56.6 Å². The number of nitrogens with one attached hydrogen (secondary N) is 1. The number of amides is 2. The first kappa shape index (κ1) is 32.7. The van der Waals surface area contributed by atoms with Crippen molar-refractivity contribution >= 4 is 50.9 Å². The Morgan fingerprint density at radius 1 is 1.02 bits per heavy atom. The molecule has 11 heteroatoms. The molecule has 3 aromatic rings. The number of carbonyl (C=O) groups excluding carboxylic acids is 2. The Morgan fingerprint density at radius 3 is 2.30 bits per heavy atom. The molecule has 4 rings (SSSR count). The number of para-hydroxylation sites is 2. The van der Waals surface area contributed by atoms with Crippen LogP contribution in [0.1, 0.15) is 45.1 Å². The molecule has 8 nitrogen and oxygen atoms in total. The number of hydrogen-bond acceptors (Lipinski definition) is 6. The van der Waals surface area contributed by atoms with E-state index in [-0.39, 0.29) is 29.1 Å². The lowest BCUT2D eigenvalue weighted by Gasteiger charge is -2.33. The van der Waals surface area contributed by atoms with Crippen molar-refractivity contribution in [2.24, 2.45) is 0 Å². The third-order valence-electron chi connectivity index (χ3n) is 7.50. The predicted molar refractivity (Wildman–Crippen MR) is 172 cm³/mol. The SMILES string of the molecule is CCOc1ccccc1N(CC(=O)N(Cc1ccc(Cl)cc1)C(C)C(=O)NC1CCCC1)S(=O)(=O)c1ccc(SC)cc1. The number of sulfonamides is 1. The van der Waals surface area contributed by atoms with E-state index in [0.717, 1.165) is 40.4 Å². The molecule has 0 saturated heterocycles. The molecular weight excluding hydrogens is 606 g/mol. The van der Waals surface area contributed by atoms with Gasteiger partial charge < -0.3 is 15.0 Å². The van der Waals surface area contributed by atoms with E-state index >= 15 is 0 Å². The van der Waals surface area contributed by atoms with Crippen molar-refractivity contribution in [3.8, 4) is 5.75 Å². The smallest absolute Gasteiger partial charge is 0.264 e. The van der Waals surface area contributed by atoms with Gasteiger partial charge in [0.15, 0.2) is 0 Å². The van der Waals surface area contributed by atoms with Gasteiger partial charge in [0, 0.05) is 22.5 Å². The van der Waals surface area contributed by atoms with Crippen LogP contribution in [-0.2, 0) is 26.2 Å². The molecule has 1 unspecified atom stereocenters. The number of nitrogens with zero attached hydrogens (tertiary/aromatic N) is 2. The second-order valence-corrected chi connectivity index (χ2v) is 13.6. The lowest BCUT2D eigenvalue weighted by molar-refractivity contribution is -0.139. The van der Waals surface area contributed by atoms with Crippen LogP contribution in [0.15, 0.2) is 82.6 Å². The fourth-order valence-corrected chi connectivity index (χ4v) is 7.05. The molecule has 0 heterocycles. The van der Waals surface area contributed by atoms with Crippen LogP contribution in [0.4, 0.5) is 5.69 Å². The Kier molecular flexibility index (Phi) is 11.4. The summed E-state index contributed by atoms with van der Waals surface area (Å²) in [7, 11) is -4.21. The number of rotatable bonds is 13. The second-order valence-electron chi connectivity index (χ2n) is 10.4. The Labute approximate surface area is 263 Å². The third kappa shape index (κ3) is 8.25. The highest BCUT2D eigenvalue weighted by molar-refractivity contribution is 7.98. The minimum atomic E-state index is -4.21. The highest BCUT2D eigenvalue weighted by Crippen LogP contribution is 2.33. The molecule has 0 spiro atoms. The fourth-order valence-electron chi connectivity index (χ4n) is 5.09. The molecule has 0 bridgehead atoms. The fraction of sp³-hybridized carbons (Fsp3) is 0.375. The minimum absolute atomic E-state index is 0.0423. The Hall–Kier alpha value is -3.21. The van der Waals surface area contributed by atoms with Gasteiger partial charge >= 0.3 is 0 Å². The average molecular weight is 644 g/mol. The summed E-state index contributed by atoms with van der Waals surface area (Å²) in [6, 6.07) is 19.5. The van der Waals surface area contributed by atoms with E-state index in [1.165, 1.54) is 28.8 Å². The van der Waals surface area contributed by atoms with E-state index in [4.69, 9.17) is 16.3 Å². The first-order valence-corrected chi connectivity index (χ1v) is 17.4. The van der Waals surface area contributed by atoms with E-state index in [0.29, 0.717) is 17.4 Å². The summed E-state index contributed by atoms with van der Waals surface area (Å²) in [5.41, 5.74) is 0.996. The van der Waals surface area contributed by atoms with Gasteiger partial charge in [-0.3, -0.25) is 13.9 Å². The van der Waals surface area contributed by atoms with Gasteiger partial charge in [-0.05, 0) is 87.0 Å². The van der Waals surface area contributed by atoms with Gasteiger partial charge in [-0.25, -0.2) is 8.42 Å². The lowest BCUT2D eigenvalue weighted by atomic mass is 10.1. The van der Waals surface area contributed by atoms with E-state index in [1.54, 1.807) is 74.5 Å². The van der Waals surface area contributed by atoms with Crippen LogP contribution in [0.3, 0.4) is 0 Å². The van der Waals surface area contributed by atoms with E-state index < -0.39 is 28.5 Å². The number of anilines is 1. The molecule has 0 radical (unpaired) electrons. The summed E-state index contributed by atoms with van der Waals surface area (Å²) >= 11 is 7.59. The number of ether oxygens (including phenoxy) is 1. The van der Waals surface area contributed by atoms with Gasteiger partial charge in [0.1, 0.15) is 18.3 Å². The maximum absolute atomic E-state index is 14.2. The summed E-state index contributed by atoms with van der Waals surface area (Å²) < 4.78 is 35.2. The highest BCUT2D eigenvalue weighted by Gasteiger charge is 2.34. The molecular formula is C32H38ClN3O5S2. The normalized spacial score (nSPS) is 14.2. The van der Waals surface area contributed by atoms with Crippen LogP contribution >= 0.6 is 23.4 Å². The zero-order chi connectivity index (χ0) is 31.0. The number of halogens is 1. The maximum Gasteiger partial charge on any atom is 0.264 e. The summed E-state index contributed by atoms with van der Waals surface area (Å²) in [4.78, 5) is 30.0. The standard InChI is InChI=1S/C32H38ClN3O5S2/c1-4-41-30-12-8-7-11-29(30)36(43(39,40)28-19-17-27(42-3)18-20-28)22-31(37)35(21-24-13-15-25(33)16-14-24)23(2)32(38)34-26-9-5-6-10-26/h7-8,11-20,23,26H,4-6,9-10,21-22H2,1-3H3,(H,34,38). The molecule has 0 aromatic heterocycles. The lowest BCUT2D eigenvalue weighted by Crippen LogP contribution is -2.52. The van der Waals surface area contributed by atoms with Gasteiger partial charge in [0.05, 0.1) is 17.2 Å². The molecule has 0 aliphatic heterocycles. The zero-order valence-electron chi connectivity index (χ0n) is 24.7. The third-order valence-corrected chi connectivity index (χ3v) is 10.3. The first-order chi connectivity index (χ1) is 20.6. The maximum atomic E-state index is 14.2. The van der Waals surface area contributed by atoms with Crippen molar-refractivity contribution < 1.29 is 22.7 Å². The number of benzene rings is 3. The zero-order valence-corrected chi connectivity index (χ0v) is 27.1. The van der Waals surface area contributed by atoms with Crippen LogP contribution in [0.2, 0.25) is 5.02 Å². The molecule has 2 amide bonds. The highest BCUT2D eigenvalue weighted by atomic mass is 35.5. The van der Waals surface area contributed by atoms with E-state index in [9.17, 15) is 18.0 Å². The van der Waals surface area contributed by atoms with Gasteiger partial charge in [0.25, 0.3) is 10.0 Å². The molecule has 1 N–H and O–H groups in total. The van der Waals surface area contributed by atoms with Crippen LogP contribution < -0.4 is 14.4 Å². The van der Waals surface area contributed by atoms with Crippen molar-refractivity contribution in [2.45, 2.75) is 68.0 Å². The van der Waals surface area contributed by atoms with Crippen LogP contribution in [0, 0.1) is 0 Å². The summed E-state index contributed by atoms with van der Waals surface area (Å²) in [6.45, 7) is 3.35. The van der Waals surface area contributed by atoms with Crippen molar-refractivity contribution in [3.05, 3.63) is 83.4 Å².